The van der Waals surface area contributed by atoms with Crippen LogP contribution in [-0.4, -0.2) is 0 Å². The number of hydrogen-bond donors (Lipinski definition) is 0. The summed E-state index contributed by atoms with van der Waals surface area (Å²) < 4.78 is 0. The molecule has 0 radical (unpaired) electrons. The number of benzene rings is 5. The predicted molar refractivity (Wildman–Crippen MR) is 128 cm³/mol. The van der Waals surface area contributed by atoms with Crippen molar-refractivity contribution >= 4 is 44.8 Å². The molecular formula is C30H18. The van der Waals surface area contributed by atoms with Gasteiger partial charge in [0.2, 0.25) is 0 Å². The summed E-state index contributed by atoms with van der Waals surface area (Å²) in [6.07, 6.45) is 4.61. The Hall–Kier alpha value is -3.90. The summed E-state index contributed by atoms with van der Waals surface area (Å²) in [6, 6.07) is 35.3. The van der Waals surface area contributed by atoms with Crippen molar-refractivity contribution in [3.63, 3.8) is 0 Å². The zero-order valence-corrected chi connectivity index (χ0v) is 16.4. The number of fused-ring (bicyclic) bond motifs is 4. The molecule has 2 aliphatic carbocycles. The lowest BCUT2D eigenvalue weighted by Crippen LogP contribution is -1.74. The van der Waals surface area contributed by atoms with Gasteiger partial charge in [-0.05, 0) is 102 Å². The lowest BCUT2D eigenvalue weighted by atomic mass is 10.1. The van der Waals surface area contributed by atoms with E-state index in [9.17, 15) is 0 Å². The van der Waals surface area contributed by atoms with Gasteiger partial charge in [0, 0.05) is 0 Å². The van der Waals surface area contributed by atoms with Crippen molar-refractivity contribution in [3.05, 3.63) is 130 Å². The second-order valence-corrected chi connectivity index (χ2v) is 8.27. The van der Waals surface area contributed by atoms with Gasteiger partial charge in [-0.25, -0.2) is 0 Å². The molecule has 30 heavy (non-hydrogen) atoms. The molecule has 0 fully saturated rings. The molecule has 2 aliphatic rings. The summed E-state index contributed by atoms with van der Waals surface area (Å²) in [5, 5.41) is 5.27. The standard InChI is InChI=1S/C30H18/c1-2-6-22-16-28-25(27(28)15-21(22)5-1)13-19-9-11-20(12-10-19)14-26-29-17-23-7-3-4-8-24(23)18-30(26)29/h1-18H. The van der Waals surface area contributed by atoms with E-state index >= 15 is 0 Å². The Kier molecular flexibility index (Phi) is 3.09. The van der Waals surface area contributed by atoms with Gasteiger partial charge in [-0.3, -0.25) is 0 Å². The SMILES string of the molecule is C(=C1c2cc3ccccc3cc21)c1ccc(C=C2c3cc4ccccc4cc32)cc1. The van der Waals surface area contributed by atoms with Crippen molar-refractivity contribution in [2.75, 3.05) is 0 Å². The lowest BCUT2D eigenvalue weighted by Gasteiger charge is -1.95. The van der Waals surface area contributed by atoms with Crippen molar-refractivity contribution in [1.29, 1.82) is 0 Å². The van der Waals surface area contributed by atoms with Crippen LogP contribution in [0.2, 0.25) is 0 Å². The van der Waals surface area contributed by atoms with E-state index in [1.807, 2.05) is 0 Å². The minimum atomic E-state index is 1.26. The van der Waals surface area contributed by atoms with Gasteiger partial charge in [-0.1, -0.05) is 72.8 Å². The molecule has 0 atom stereocenters. The van der Waals surface area contributed by atoms with Gasteiger partial charge in [-0.2, -0.15) is 0 Å². The molecule has 0 saturated heterocycles. The van der Waals surface area contributed by atoms with E-state index in [0.29, 0.717) is 0 Å². The van der Waals surface area contributed by atoms with Crippen LogP contribution in [0.3, 0.4) is 0 Å². The fourth-order valence-electron chi connectivity index (χ4n) is 4.59. The Bertz CT molecular complexity index is 1350. The van der Waals surface area contributed by atoms with Crippen LogP contribution in [0.1, 0.15) is 33.4 Å². The normalized spacial score (nSPS) is 13.2. The first-order valence-corrected chi connectivity index (χ1v) is 10.4. The average Bonchev–Trinajstić information content (AvgIpc) is 3.67. The Morgan fingerprint density at radius 2 is 0.667 bits per heavy atom. The molecule has 0 saturated carbocycles. The molecule has 0 heterocycles. The van der Waals surface area contributed by atoms with Gasteiger partial charge >= 0.3 is 0 Å². The van der Waals surface area contributed by atoms with Gasteiger partial charge in [-0.15, -0.1) is 0 Å². The maximum atomic E-state index is 2.31. The Morgan fingerprint density at radius 1 is 0.367 bits per heavy atom. The minimum absolute atomic E-state index is 1.26. The van der Waals surface area contributed by atoms with Gasteiger partial charge in [0.1, 0.15) is 0 Å². The molecule has 0 unspecified atom stereocenters. The highest BCUT2D eigenvalue weighted by molar-refractivity contribution is 6.13. The first-order chi connectivity index (χ1) is 14.8. The molecule has 0 spiro atoms. The van der Waals surface area contributed by atoms with Crippen molar-refractivity contribution in [2.45, 2.75) is 0 Å². The highest BCUT2D eigenvalue weighted by atomic mass is 14.3. The Labute approximate surface area is 175 Å². The van der Waals surface area contributed by atoms with E-state index in [1.54, 1.807) is 0 Å². The second kappa shape index (κ2) is 5.81. The quantitative estimate of drug-likeness (QED) is 0.288. The van der Waals surface area contributed by atoms with Crippen LogP contribution in [0.25, 0.3) is 44.8 Å². The monoisotopic (exact) mass is 378 g/mol. The zero-order chi connectivity index (χ0) is 19.7. The largest absolute Gasteiger partial charge is 0.0616 e. The predicted octanol–water partition coefficient (Wildman–Crippen LogP) is 7.80. The van der Waals surface area contributed by atoms with Gasteiger partial charge in [0.05, 0.1) is 0 Å². The third kappa shape index (κ3) is 2.47. The smallest absolute Gasteiger partial charge is 0.00923 e. The lowest BCUT2D eigenvalue weighted by molar-refractivity contribution is 1.63. The van der Waals surface area contributed by atoms with Crippen molar-refractivity contribution in [3.8, 4) is 0 Å². The van der Waals surface area contributed by atoms with Crippen LogP contribution in [0, 0.1) is 0 Å². The van der Waals surface area contributed by atoms with Crippen molar-refractivity contribution in [2.24, 2.45) is 0 Å². The zero-order valence-electron chi connectivity index (χ0n) is 16.4. The van der Waals surface area contributed by atoms with Gasteiger partial charge < -0.3 is 0 Å². The molecule has 5 aromatic carbocycles. The summed E-state index contributed by atoms with van der Waals surface area (Å²) in [4.78, 5) is 0. The van der Waals surface area contributed by atoms with Crippen molar-refractivity contribution < 1.29 is 0 Å². The van der Waals surface area contributed by atoms with Gasteiger partial charge in [0.25, 0.3) is 0 Å². The average molecular weight is 378 g/mol. The topological polar surface area (TPSA) is 0 Å². The molecule has 0 N–H and O–H groups in total. The Morgan fingerprint density at radius 3 is 0.967 bits per heavy atom. The highest BCUT2D eigenvalue weighted by Crippen LogP contribution is 2.47. The van der Waals surface area contributed by atoms with Crippen LogP contribution in [0.4, 0.5) is 0 Å². The first kappa shape index (κ1) is 16.0. The molecule has 7 rings (SSSR count). The molecule has 5 aromatic rings. The maximum Gasteiger partial charge on any atom is -0.00923 e. The minimum Gasteiger partial charge on any atom is -0.0616 e. The summed E-state index contributed by atoms with van der Waals surface area (Å²) in [7, 11) is 0. The van der Waals surface area contributed by atoms with Crippen LogP contribution in [0.15, 0.2) is 97.1 Å². The third-order valence-electron chi connectivity index (χ3n) is 6.37. The molecule has 0 bridgehead atoms. The number of rotatable bonds is 2. The van der Waals surface area contributed by atoms with Crippen LogP contribution in [-0.2, 0) is 0 Å². The summed E-state index contributed by atoms with van der Waals surface area (Å²) in [6.45, 7) is 0. The summed E-state index contributed by atoms with van der Waals surface area (Å²) >= 11 is 0. The summed E-state index contributed by atoms with van der Waals surface area (Å²) in [5.74, 6) is 0. The molecule has 138 valence electrons. The van der Waals surface area contributed by atoms with E-state index in [-0.39, 0.29) is 0 Å². The maximum absolute atomic E-state index is 2.31. The second-order valence-electron chi connectivity index (χ2n) is 8.27. The molecule has 0 aromatic heterocycles. The van der Waals surface area contributed by atoms with Gasteiger partial charge in [0.15, 0.2) is 0 Å². The molecule has 0 aliphatic heterocycles. The molecule has 0 amide bonds. The van der Waals surface area contributed by atoms with E-state index in [4.69, 9.17) is 0 Å². The van der Waals surface area contributed by atoms with E-state index < -0.39 is 0 Å². The van der Waals surface area contributed by atoms with E-state index in [0.717, 1.165) is 0 Å². The number of hydrogen-bond acceptors (Lipinski definition) is 0. The van der Waals surface area contributed by atoms with E-state index in [2.05, 4.69) is 109 Å². The van der Waals surface area contributed by atoms with Crippen LogP contribution < -0.4 is 0 Å². The summed E-state index contributed by atoms with van der Waals surface area (Å²) in [5.41, 5.74) is 10.8. The fraction of sp³-hybridized carbons (Fsp3) is 0. The molecule has 0 heteroatoms. The van der Waals surface area contributed by atoms with Crippen LogP contribution in [0.5, 0.6) is 0 Å². The molecule has 0 nitrogen and oxygen atoms in total. The van der Waals surface area contributed by atoms with E-state index in [1.165, 1.54) is 66.1 Å². The first-order valence-electron chi connectivity index (χ1n) is 10.4. The third-order valence-corrected chi connectivity index (χ3v) is 6.37. The molecular weight excluding hydrogens is 360 g/mol. The van der Waals surface area contributed by atoms with Crippen LogP contribution >= 0.6 is 0 Å². The Balaban J connectivity index is 1.17. The van der Waals surface area contributed by atoms with Crippen molar-refractivity contribution in [1.82, 2.24) is 0 Å². The fourth-order valence-corrected chi connectivity index (χ4v) is 4.59. The highest BCUT2D eigenvalue weighted by Gasteiger charge is 2.26.